The van der Waals surface area contributed by atoms with Crippen molar-refractivity contribution in [2.24, 2.45) is 5.73 Å². The van der Waals surface area contributed by atoms with Gasteiger partial charge in [0.2, 0.25) is 0 Å². The van der Waals surface area contributed by atoms with Gasteiger partial charge >= 0.3 is 0 Å². The predicted molar refractivity (Wildman–Crippen MR) is 77.7 cm³/mol. The summed E-state index contributed by atoms with van der Waals surface area (Å²) in [4.78, 5) is 0. The van der Waals surface area contributed by atoms with E-state index in [1.807, 2.05) is 24.3 Å². The van der Waals surface area contributed by atoms with Crippen molar-refractivity contribution in [2.75, 3.05) is 34.2 Å². The molecule has 0 heterocycles. The molecule has 2 N–H and O–H groups in total. The molecule has 0 aliphatic carbocycles. The summed E-state index contributed by atoms with van der Waals surface area (Å²) in [7, 11) is 3.25. The SMILES string of the molecule is C=C[C@@H](OCOCCOC)[C@H](N)c1ccc(OC)cc1. The Bertz CT molecular complexity index is 380. The van der Waals surface area contributed by atoms with Crippen molar-refractivity contribution in [1.29, 1.82) is 0 Å². The number of nitrogens with two attached hydrogens (primary N) is 1. The Balaban J connectivity index is 2.48. The van der Waals surface area contributed by atoms with Gasteiger partial charge in [-0.3, -0.25) is 0 Å². The van der Waals surface area contributed by atoms with Crippen molar-refractivity contribution in [3.05, 3.63) is 42.5 Å². The molecule has 0 unspecified atom stereocenters. The summed E-state index contributed by atoms with van der Waals surface area (Å²) in [6.07, 6.45) is 1.36. The monoisotopic (exact) mass is 281 g/mol. The predicted octanol–water partition coefficient (Wildman–Crippen LogP) is 1.89. The summed E-state index contributed by atoms with van der Waals surface area (Å²) in [5.74, 6) is 0.792. The van der Waals surface area contributed by atoms with E-state index in [0.717, 1.165) is 11.3 Å². The Labute approximate surface area is 120 Å². The van der Waals surface area contributed by atoms with Crippen LogP contribution in [-0.2, 0) is 14.2 Å². The molecule has 0 aromatic heterocycles. The lowest BCUT2D eigenvalue weighted by molar-refractivity contribution is -0.0902. The van der Waals surface area contributed by atoms with Crippen LogP contribution >= 0.6 is 0 Å². The molecule has 0 spiro atoms. The minimum Gasteiger partial charge on any atom is -0.497 e. The zero-order valence-corrected chi connectivity index (χ0v) is 12.1. The van der Waals surface area contributed by atoms with Gasteiger partial charge in [0.25, 0.3) is 0 Å². The largest absolute Gasteiger partial charge is 0.497 e. The summed E-state index contributed by atoms with van der Waals surface area (Å²) >= 11 is 0. The van der Waals surface area contributed by atoms with Gasteiger partial charge in [-0.1, -0.05) is 18.2 Å². The second-order valence-corrected chi connectivity index (χ2v) is 4.18. The minimum absolute atomic E-state index is 0.157. The second-order valence-electron chi connectivity index (χ2n) is 4.18. The van der Waals surface area contributed by atoms with E-state index in [2.05, 4.69) is 6.58 Å². The molecular formula is C15H23NO4. The van der Waals surface area contributed by atoms with E-state index >= 15 is 0 Å². The third-order valence-corrected chi connectivity index (χ3v) is 2.86. The van der Waals surface area contributed by atoms with Gasteiger partial charge in [0.1, 0.15) is 12.5 Å². The number of benzene rings is 1. The van der Waals surface area contributed by atoms with E-state index in [9.17, 15) is 0 Å². The first-order valence-electron chi connectivity index (χ1n) is 6.43. The van der Waals surface area contributed by atoms with E-state index in [-0.39, 0.29) is 18.9 Å². The van der Waals surface area contributed by atoms with Gasteiger partial charge in [-0.15, -0.1) is 6.58 Å². The third-order valence-electron chi connectivity index (χ3n) is 2.86. The molecule has 0 aliphatic rings. The first-order chi connectivity index (χ1) is 9.72. The van der Waals surface area contributed by atoms with Crippen LogP contribution in [0.15, 0.2) is 36.9 Å². The summed E-state index contributed by atoms with van der Waals surface area (Å²) < 4.78 is 20.8. The molecular weight excluding hydrogens is 258 g/mol. The molecule has 1 rings (SSSR count). The van der Waals surface area contributed by atoms with Crippen molar-refractivity contribution in [1.82, 2.24) is 0 Å². The van der Waals surface area contributed by atoms with Crippen LogP contribution in [0.2, 0.25) is 0 Å². The fourth-order valence-corrected chi connectivity index (χ4v) is 1.66. The molecule has 20 heavy (non-hydrogen) atoms. The fourth-order valence-electron chi connectivity index (χ4n) is 1.66. The minimum atomic E-state index is -0.314. The fraction of sp³-hybridized carbons (Fsp3) is 0.467. The summed E-state index contributed by atoms with van der Waals surface area (Å²) in [5.41, 5.74) is 7.12. The van der Waals surface area contributed by atoms with Crippen LogP contribution in [0.25, 0.3) is 0 Å². The van der Waals surface area contributed by atoms with E-state index in [4.69, 9.17) is 24.7 Å². The van der Waals surface area contributed by atoms with Gasteiger partial charge in [-0.25, -0.2) is 0 Å². The number of hydrogen-bond donors (Lipinski definition) is 1. The molecule has 0 bridgehead atoms. The molecule has 0 fully saturated rings. The maximum absolute atomic E-state index is 6.16. The van der Waals surface area contributed by atoms with Gasteiger partial charge in [-0.2, -0.15) is 0 Å². The number of rotatable bonds is 10. The first-order valence-corrected chi connectivity index (χ1v) is 6.43. The molecule has 112 valence electrons. The average molecular weight is 281 g/mol. The van der Waals surface area contributed by atoms with Gasteiger partial charge in [-0.05, 0) is 17.7 Å². The summed E-state index contributed by atoms with van der Waals surface area (Å²) in [6.45, 7) is 4.92. The normalized spacial score (nSPS) is 13.8. The maximum atomic E-state index is 6.16. The third kappa shape index (κ3) is 5.30. The zero-order chi connectivity index (χ0) is 14.8. The lowest BCUT2D eigenvalue weighted by atomic mass is 10.0. The molecule has 0 amide bonds. The Morgan fingerprint density at radius 1 is 1.20 bits per heavy atom. The lowest BCUT2D eigenvalue weighted by Gasteiger charge is -2.21. The van der Waals surface area contributed by atoms with Crippen molar-refractivity contribution >= 4 is 0 Å². The summed E-state index contributed by atoms with van der Waals surface area (Å²) in [6, 6.07) is 7.25. The number of ether oxygens (including phenoxy) is 4. The van der Waals surface area contributed by atoms with Crippen molar-refractivity contribution in [3.8, 4) is 5.75 Å². The molecule has 5 nitrogen and oxygen atoms in total. The highest BCUT2D eigenvalue weighted by molar-refractivity contribution is 5.30. The van der Waals surface area contributed by atoms with Gasteiger partial charge in [0, 0.05) is 7.11 Å². The van der Waals surface area contributed by atoms with E-state index in [1.54, 1.807) is 20.3 Å². The zero-order valence-electron chi connectivity index (χ0n) is 12.1. The molecule has 5 heteroatoms. The van der Waals surface area contributed by atoms with Crippen LogP contribution in [0.1, 0.15) is 11.6 Å². The number of hydrogen-bond acceptors (Lipinski definition) is 5. The number of methoxy groups -OCH3 is 2. The topological polar surface area (TPSA) is 62.9 Å². The van der Waals surface area contributed by atoms with Crippen molar-refractivity contribution < 1.29 is 18.9 Å². The van der Waals surface area contributed by atoms with E-state index in [0.29, 0.717) is 13.2 Å². The molecule has 1 aromatic rings. The van der Waals surface area contributed by atoms with E-state index < -0.39 is 0 Å². The van der Waals surface area contributed by atoms with Crippen molar-refractivity contribution in [3.63, 3.8) is 0 Å². The highest BCUT2D eigenvalue weighted by atomic mass is 16.7. The Morgan fingerprint density at radius 2 is 1.90 bits per heavy atom. The standard InChI is InChI=1S/C15H23NO4/c1-4-14(20-11-19-10-9-17-2)15(16)12-5-7-13(18-3)8-6-12/h4-8,14-15H,1,9-11,16H2,2-3H3/t14-,15-/m1/s1. The van der Waals surface area contributed by atoms with Crippen LogP contribution in [0, 0.1) is 0 Å². The molecule has 0 saturated carbocycles. The highest BCUT2D eigenvalue weighted by Crippen LogP contribution is 2.20. The Hall–Kier alpha value is -1.40. The highest BCUT2D eigenvalue weighted by Gasteiger charge is 2.17. The van der Waals surface area contributed by atoms with Gasteiger partial charge in [0.15, 0.2) is 0 Å². The molecule has 0 radical (unpaired) electrons. The first kappa shape index (κ1) is 16.7. The second kappa shape index (κ2) is 9.50. The molecule has 0 saturated heterocycles. The van der Waals surface area contributed by atoms with Crippen LogP contribution in [0.3, 0.4) is 0 Å². The van der Waals surface area contributed by atoms with Crippen molar-refractivity contribution in [2.45, 2.75) is 12.1 Å². The molecule has 2 atom stereocenters. The quantitative estimate of drug-likeness (QED) is 0.403. The van der Waals surface area contributed by atoms with Gasteiger partial charge in [0.05, 0.1) is 32.5 Å². The maximum Gasteiger partial charge on any atom is 0.147 e. The van der Waals surface area contributed by atoms with Gasteiger partial charge < -0.3 is 24.7 Å². The molecule has 0 aliphatic heterocycles. The van der Waals surface area contributed by atoms with E-state index in [1.165, 1.54) is 0 Å². The Morgan fingerprint density at radius 3 is 2.45 bits per heavy atom. The van der Waals surface area contributed by atoms with Crippen LogP contribution in [0.5, 0.6) is 5.75 Å². The lowest BCUT2D eigenvalue weighted by Crippen LogP contribution is -2.28. The Kier molecular flexibility index (Phi) is 7.91. The van der Waals surface area contributed by atoms with Crippen LogP contribution < -0.4 is 10.5 Å². The van der Waals surface area contributed by atoms with Crippen LogP contribution in [0.4, 0.5) is 0 Å². The molecule has 1 aromatic carbocycles. The van der Waals surface area contributed by atoms with Crippen LogP contribution in [-0.4, -0.2) is 40.3 Å². The average Bonchev–Trinajstić information content (AvgIpc) is 2.50. The smallest absolute Gasteiger partial charge is 0.147 e. The summed E-state index contributed by atoms with van der Waals surface area (Å²) in [5, 5.41) is 0.